The van der Waals surface area contributed by atoms with E-state index in [9.17, 15) is 4.79 Å². The molecule has 0 radical (unpaired) electrons. The van der Waals surface area contributed by atoms with Crippen LogP contribution in [0.15, 0.2) is 12.4 Å². The molecule has 1 N–H and O–H groups in total. The molecule has 0 spiro atoms. The van der Waals surface area contributed by atoms with Crippen LogP contribution in [0.4, 0.5) is 0 Å². The zero-order valence-corrected chi connectivity index (χ0v) is 12.3. The molecule has 2 heterocycles. The molecule has 0 saturated carbocycles. The largest absolute Gasteiger partial charge is 0.337 e. The van der Waals surface area contributed by atoms with Gasteiger partial charge in [-0.1, -0.05) is 13.8 Å². The van der Waals surface area contributed by atoms with Crippen LogP contribution < -0.4 is 5.32 Å². The smallest absolute Gasteiger partial charge is 0.240 e. The first kappa shape index (κ1) is 14.1. The van der Waals surface area contributed by atoms with Gasteiger partial charge in [-0.2, -0.15) is 0 Å². The number of aryl methyl sites for hydroxylation is 1. The van der Waals surface area contributed by atoms with E-state index in [1.165, 1.54) is 0 Å². The Hall–Kier alpha value is -1.36. The number of rotatable bonds is 3. The molecule has 0 bridgehead atoms. The summed E-state index contributed by atoms with van der Waals surface area (Å²) in [6.45, 7) is 5.80. The highest BCUT2D eigenvalue weighted by Crippen LogP contribution is 2.31. The van der Waals surface area contributed by atoms with E-state index in [4.69, 9.17) is 0 Å². The van der Waals surface area contributed by atoms with E-state index in [1.54, 1.807) is 11.1 Å². The van der Waals surface area contributed by atoms with E-state index in [1.807, 2.05) is 24.9 Å². The average Bonchev–Trinajstić information content (AvgIpc) is 2.73. The van der Waals surface area contributed by atoms with Crippen molar-refractivity contribution in [1.82, 2.24) is 19.8 Å². The molecule has 1 fully saturated rings. The number of piperidine rings is 1. The summed E-state index contributed by atoms with van der Waals surface area (Å²) in [6, 6.07) is -0.0912. The number of aromatic nitrogens is 2. The third kappa shape index (κ3) is 2.97. The monoisotopic (exact) mass is 264 g/mol. The van der Waals surface area contributed by atoms with Gasteiger partial charge in [-0.05, 0) is 24.8 Å². The Morgan fingerprint density at radius 2 is 2.37 bits per heavy atom. The highest BCUT2D eigenvalue weighted by molar-refractivity contribution is 5.82. The molecule has 5 heteroatoms. The summed E-state index contributed by atoms with van der Waals surface area (Å²) in [4.78, 5) is 18.6. The molecule has 19 heavy (non-hydrogen) atoms. The van der Waals surface area contributed by atoms with Crippen molar-refractivity contribution in [3.8, 4) is 0 Å². The Labute approximate surface area is 115 Å². The second kappa shape index (κ2) is 5.33. The molecule has 0 aromatic carbocycles. The number of nitrogens with zero attached hydrogens (tertiary/aromatic N) is 3. The van der Waals surface area contributed by atoms with E-state index in [-0.39, 0.29) is 17.4 Å². The van der Waals surface area contributed by atoms with Crippen LogP contribution in [0, 0.1) is 5.41 Å². The maximum Gasteiger partial charge on any atom is 0.240 e. The summed E-state index contributed by atoms with van der Waals surface area (Å²) >= 11 is 0. The van der Waals surface area contributed by atoms with Crippen LogP contribution in [0.25, 0.3) is 0 Å². The third-order valence-corrected chi connectivity index (χ3v) is 4.05. The maximum atomic E-state index is 12.6. The quantitative estimate of drug-likeness (QED) is 0.891. The third-order valence-electron chi connectivity index (χ3n) is 4.05. The van der Waals surface area contributed by atoms with Gasteiger partial charge in [-0.25, -0.2) is 4.98 Å². The number of imidazole rings is 1. The summed E-state index contributed by atoms with van der Waals surface area (Å²) in [6.07, 6.45) is 5.89. The molecule has 1 amide bonds. The van der Waals surface area contributed by atoms with Crippen molar-refractivity contribution in [2.24, 2.45) is 12.5 Å². The molecule has 5 nitrogen and oxygen atoms in total. The lowest BCUT2D eigenvalue weighted by Gasteiger charge is -2.40. The minimum atomic E-state index is -0.0912. The van der Waals surface area contributed by atoms with Gasteiger partial charge in [0, 0.05) is 26.5 Å². The van der Waals surface area contributed by atoms with Gasteiger partial charge in [-0.3, -0.25) is 4.79 Å². The van der Waals surface area contributed by atoms with E-state index in [2.05, 4.69) is 24.1 Å². The summed E-state index contributed by atoms with van der Waals surface area (Å²) in [7, 11) is 3.80. The van der Waals surface area contributed by atoms with Gasteiger partial charge < -0.3 is 14.8 Å². The predicted octanol–water partition coefficient (Wildman–Crippen LogP) is 1.16. The predicted molar refractivity (Wildman–Crippen MR) is 74.5 cm³/mol. The molecule has 1 unspecified atom stereocenters. The lowest BCUT2D eigenvalue weighted by Crippen LogP contribution is -2.55. The van der Waals surface area contributed by atoms with Crippen LogP contribution in [-0.2, 0) is 18.4 Å². The summed E-state index contributed by atoms with van der Waals surface area (Å²) in [5, 5.41) is 3.37. The fraction of sp³-hybridized carbons (Fsp3) is 0.714. The number of hydrogen-bond donors (Lipinski definition) is 1. The molecular weight excluding hydrogens is 240 g/mol. The minimum Gasteiger partial charge on any atom is -0.337 e. The molecule has 1 aliphatic heterocycles. The van der Waals surface area contributed by atoms with Crippen molar-refractivity contribution < 1.29 is 4.79 Å². The molecule has 2 rings (SSSR count). The zero-order chi connectivity index (χ0) is 14.0. The highest BCUT2D eigenvalue weighted by atomic mass is 16.2. The number of nitrogens with one attached hydrogen (secondary N) is 1. The fourth-order valence-corrected chi connectivity index (χ4v) is 2.69. The van der Waals surface area contributed by atoms with Crippen LogP contribution in [0.2, 0.25) is 0 Å². The average molecular weight is 264 g/mol. The summed E-state index contributed by atoms with van der Waals surface area (Å²) in [5.41, 5.74) is 0.0191. The van der Waals surface area contributed by atoms with Gasteiger partial charge in [0.1, 0.15) is 5.82 Å². The van der Waals surface area contributed by atoms with E-state index in [0.717, 1.165) is 25.2 Å². The topological polar surface area (TPSA) is 50.2 Å². The van der Waals surface area contributed by atoms with Crippen molar-refractivity contribution in [1.29, 1.82) is 0 Å². The molecule has 1 saturated heterocycles. The zero-order valence-electron chi connectivity index (χ0n) is 12.3. The molecule has 1 atom stereocenters. The summed E-state index contributed by atoms with van der Waals surface area (Å²) in [5.74, 6) is 1.07. The van der Waals surface area contributed by atoms with E-state index in [0.29, 0.717) is 6.54 Å². The first-order valence-corrected chi connectivity index (χ1v) is 6.86. The number of likely N-dealkylation sites (N-methyl/N-ethyl adjacent to an activating group) is 1. The second-order valence-corrected chi connectivity index (χ2v) is 6.13. The van der Waals surface area contributed by atoms with Crippen molar-refractivity contribution in [3.05, 3.63) is 18.2 Å². The van der Waals surface area contributed by atoms with Gasteiger partial charge in [0.2, 0.25) is 5.91 Å². The Morgan fingerprint density at radius 1 is 1.63 bits per heavy atom. The number of amides is 1. The van der Waals surface area contributed by atoms with Crippen molar-refractivity contribution >= 4 is 5.91 Å². The number of hydrogen-bond acceptors (Lipinski definition) is 3. The van der Waals surface area contributed by atoms with Gasteiger partial charge in [0.05, 0.1) is 12.6 Å². The van der Waals surface area contributed by atoms with Crippen LogP contribution in [-0.4, -0.2) is 40.0 Å². The fourth-order valence-electron chi connectivity index (χ4n) is 2.69. The van der Waals surface area contributed by atoms with E-state index >= 15 is 0 Å². The van der Waals surface area contributed by atoms with Gasteiger partial charge in [0.25, 0.3) is 0 Å². The van der Waals surface area contributed by atoms with Gasteiger partial charge in [-0.15, -0.1) is 0 Å². The molecule has 0 aliphatic carbocycles. The number of carbonyl (C=O) groups is 1. The molecule has 106 valence electrons. The lowest BCUT2D eigenvalue weighted by atomic mass is 9.77. The van der Waals surface area contributed by atoms with Crippen LogP contribution in [0.3, 0.4) is 0 Å². The van der Waals surface area contributed by atoms with Crippen LogP contribution in [0.1, 0.15) is 32.5 Å². The first-order chi connectivity index (χ1) is 8.92. The molecule has 1 aliphatic rings. The Kier molecular flexibility index (Phi) is 3.94. The van der Waals surface area contributed by atoms with Gasteiger partial charge in [0.15, 0.2) is 0 Å². The SMILES string of the molecule is CN(Cc1nccn1C)C(=O)C1NCCCC1(C)C. The van der Waals surface area contributed by atoms with Crippen LogP contribution in [0.5, 0.6) is 0 Å². The van der Waals surface area contributed by atoms with Crippen molar-refractivity contribution in [2.75, 3.05) is 13.6 Å². The Bertz CT molecular complexity index is 452. The second-order valence-electron chi connectivity index (χ2n) is 6.13. The molecular formula is C14H24N4O. The molecule has 1 aromatic rings. The Balaban J connectivity index is 2.04. The highest BCUT2D eigenvalue weighted by Gasteiger charge is 2.38. The first-order valence-electron chi connectivity index (χ1n) is 6.86. The summed E-state index contributed by atoms with van der Waals surface area (Å²) < 4.78 is 1.95. The molecule has 1 aromatic heterocycles. The Morgan fingerprint density at radius 3 is 2.95 bits per heavy atom. The van der Waals surface area contributed by atoms with E-state index < -0.39 is 0 Å². The standard InChI is InChI=1S/C14H24N4O/c1-14(2)6-5-7-16-12(14)13(19)18(4)10-11-15-8-9-17(11)3/h8-9,12,16H,5-7,10H2,1-4H3. The van der Waals surface area contributed by atoms with Crippen molar-refractivity contribution in [3.63, 3.8) is 0 Å². The minimum absolute atomic E-state index is 0.0191. The lowest BCUT2D eigenvalue weighted by molar-refractivity contribution is -0.136. The number of carbonyl (C=O) groups excluding carboxylic acids is 1. The maximum absolute atomic E-state index is 12.6. The van der Waals surface area contributed by atoms with Crippen LogP contribution >= 0.6 is 0 Å². The normalized spacial score (nSPS) is 22.2. The van der Waals surface area contributed by atoms with Crippen molar-refractivity contribution in [2.45, 2.75) is 39.3 Å². The van der Waals surface area contributed by atoms with Gasteiger partial charge >= 0.3 is 0 Å².